The highest BCUT2D eigenvalue weighted by molar-refractivity contribution is 7.89. The van der Waals surface area contributed by atoms with E-state index in [0.717, 1.165) is 22.8 Å². The van der Waals surface area contributed by atoms with Crippen molar-refractivity contribution in [3.8, 4) is 0 Å². The highest BCUT2D eigenvalue weighted by atomic mass is 32.2. The zero-order valence-corrected chi connectivity index (χ0v) is 26.3. The average Bonchev–Trinajstić information content (AvgIpc) is 3.44. The van der Waals surface area contributed by atoms with Gasteiger partial charge in [-0.2, -0.15) is 17.5 Å². The van der Waals surface area contributed by atoms with E-state index in [4.69, 9.17) is 5.73 Å². The van der Waals surface area contributed by atoms with Crippen LogP contribution in [0.2, 0.25) is 0 Å². The van der Waals surface area contributed by atoms with Gasteiger partial charge in [-0.25, -0.2) is 13.4 Å². The molecule has 5 heterocycles. The largest absolute Gasteiger partial charge is 0.481 e. The molecule has 248 valence electrons. The highest BCUT2D eigenvalue weighted by Gasteiger charge is 2.40. The van der Waals surface area contributed by atoms with Crippen LogP contribution in [0.5, 0.6) is 0 Å². The van der Waals surface area contributed by atoms with Gasteiger partial charge in [-0.1, -0.05) is 18.2 Å². The maximum Gasteiger partial charge on any atom is 0.452 e. The smallest absolute Gasteiger partial charge is 0.452 e. The summed E-state index contributed by atoms with van der Waals surface area (Å²) < 4.78 is 71.0. The number of sulfonamides is 1. The van der Waals surface area contributed by atoms with Crippen molar-refractivity contribution < 1.29 is 36.3 Å². The van der Waals surface area contributed by atoms with Crippen molar-refractivity contribution in [1.82, 2.24) is 23.9 Å². The number of carboxylic acids is 1. The van der Waals surface area contributed by atoms with Crippen molar-refractivity contribution >= 4 is 33.4 Å². The number of pyridine rings is 2. The van der Waals surface area contributed by atoms with Crippen LogP contribution in [0.3, 0.4) is 0 Å². The molecule has 2 aliphatic rings. The number of rotatable bonds is 7. The number of amides is 1. The zero-order chi connectivity index (χ0) is 33.8. The number of alkyl halides is 3. The van der Waals surface area contributed by atoms with E-state index < -0.39 is 39.8 Å². The van der Waals surface area contributed by atoms with Gasteiger partial charge in [0.15, 0.2) is 5.65 Å². The van der Waals surface area contributed by atoms with Gasteiger partial charge in [0.25, 0.3) is 5.91 Å². The molecule has 47 heavy (non-hydrogen) atoms. The minimum absolute atomic E-state index is 0.0275. The molecule has 3 aromatic heterocycles. The Morgan fingerprint density at radius 2 is 1.87 bits per heavy atom. The fourth-order valence-corrected chi connectivity index (χ4v) is 8.18. The molecule has 0 radical (unpaired) electrons. The van der Waals surface area contributed by atoms with Crippen LogP contribution in [0.4, 0.5) is 19.0 Å². The number of hydrogen-bond acceptors (Lipinski definition) is 8. The van der Waals surface area contributed by atoms with Gasteiger partial charge < -0.3 is 15.7 Å². The lowest BCUT2D eigenvalue weighted by molar-refractivity contribution is -0.145. The van der Waals surface area contributed by atoms with Gasteiger partial charge in [-0.05, 0) is 79.1 Å². The fraction of sp³-hybridized carbons (Fsp3) is 0.387. The molecule has 0 unspecified atom stereocenters. The quantitative estimate of drug-likeness (QED) is 0.295. The molecule has 2 atom stereocenters. The molecule has 0 saturated carbocycles. The van der Waals surface area contributed by atoms with E-state index in [0.29, 0.717) is 35.2 Å². The number of carbonyl (C=O) groups is 2. The average molecular weight is 672 g/mol. The first-order chi connectivity index (χ1) is 22.2. The molecule has 16 heteroatoms. The molecule has 1 aromatic carbocycles. The van der Waals surface area contributed by atoms with Crippen molar-refractivity contribution in [3.63, 3.8) is 0 Å². The van der Waals surface area contributed by atoms with E-state index in [1.807, 2.05) is 11.8 Å². The number of carboxylic acid groups (broad SMARTS) is 1. The Bertz CT molecular complexity index is 2010. The second kappa shape index (κ2) is 11.9. The van der Waals surface area contributed by atoms with E-state index >= 15 is 0 Å². The molecule has 12 nitrogen and oxygen atoms in total. The van der Waals surface area contributed by atoms with Gasteiger partial charge in [-0.3, -0.25) is 14.0 Å². The standard InChI is InChI=1S/C31H32F3N7O5S/c1-17-6-7-19(23(14-26(42)43)22-10-12-41-28(18(22)2)37-38-30(41)31(32,33)34)13-20(17)15-39-16-21-5-3-4-11-40(21)29-25(47(39,45)46)9-8-24(36-29)27(35)44/h6-10,12-13,21,23H,3-5,11,14-16H2,1-2H3,(H2,35,44)(H,42,43)/t21-,23-/m0/s1. The summed E-state index contributed by atoms with van der Waals surface area (Å²) in [5, 5.41) is 16.9. The number of aliphatic carboxylic acids is 1. The van der Waals surface area contributed by atoms with E-state index in [-0.39, 0.29) is 47.6 Å². The Labute approximate surface area is 268 Å². The molecule has 0 spiro atoms. The predicted molar refractivity (Wildman–Crippen MR) is 163 cm³/mol. The third-order valence-corrected chi connectivity index (χ3v) is 10.9. The lowest BCUT2D eigenvalue weighted by atomic mass is 9.85. The van der Waals surface area contributed by atoms with Gasteiger partial charge in [0.1, 0.15) is 16.4 Å². The monoisotopic (exact) mass is 671 g/mol. The molecule has 1 amide bonds. The van der Waals surface area contributed by atoms with Gasteiger partial charge in [0.05, 0.1) is 6.42 Å². The maximum atomic E-state index is 14.2. The van der Waals surface area contributed by atoms with Crippen LogP contribution >= 0.6 is 0 Å². The van der Waals surface area contributed by atoms with Crippen molar-refractivity contribution in [1.29, 1.82) is 0 Å². The van der Waals surface area contributed by atoms with Crippen LogP contribution in [-0.2, 0) is 27.5 Å². The predicted octanol–water partition coefficient (Wildman–Crippen LogP) is 4.03. The van der Waals surface area contributed by atoms with Gasteiger partial charge in [0.2, 0.25) is 15.8 Å². The minimum atomic E-state index is -4.73. The van der Waals surface area contributed by atoms with Crippen molar-refractivity contribution in [2.75, 3.05) is 18.0 Å². The third kappa shape index (κ3) is 5.91. The van der Waals surface area contributed by atoms with Crippen molar-refractivity contribution in [3.05, 3.63) is 81.9 Å². The third-order valence-electron chi connectivity index (χ3n) is 9.02. The highest BCUT2D eigenvalue weighted by Crippen LogP contribution is 2.38. The molecule has 3 N–H and O–H groups in total. The summed E-state index contributed by atoms with van der Waals surface area (Å²) in [6.45, 7) is 4.10. The second-order valence-corrected chi connectivity index (χ2v) is 13.9. The molecule has 2 aliphatic heterocycles. The first kappa shape index (κ1) is 32.4. The van der Waals surface area contributed by atoms with E-state index in [1.165, 1.54) is 28.7 Å². The minimum Gasteiger partial charge on any atom is -0.481 e. The summed E-state index contributed by atoms with van der Waals surface area (Å²) in [6, 6.07) is 9.18. The lowest BCUT2D eigenvalue weighted by Gasteiger charge is -2.36. The van der Waals surface area contributed by atoms with Crippen LogP contribution in [0, 0.1) is 13.8 Å². The molecule has 0 bridgehead atoms. The number of nitrogens with zero attached hydrogens (tertiary/aromatic N) is 6. The number of halogens is 3. The number of anilines is 1. The fourth-order valence-electron chi connectivity index (χ4n) is 6.59. The van der Waals surface area contributed by atoms with E-state index in [9.17, 15) is 36.3 Å². The summed E-state index contributed by atoms with van der Waals surface area (Å²) in [7, 11) is -4.11. The van der Waals surface area contributed by atoms with Crippen molar-refractivity contribution in [2.24, 2.45) is 5.73 Å². The number of carbonyl (C=O) groups excluding carboxylic acids is 1. The van der Waals surface area contributed by atoms with E-state index in [2.05, 4.69) is 15.2 Å². The number of nitrogens with two attached hydrogens (primary N) is 1. The van der Waals surface area contributed by atoms with Gasteiger partial charge >= 0.3 is 12.1 Å². The summed E-state index contributed by atoms with van der Waals surface area (Å²) in [5.74, 6) is -3.65. The van der Waals surface area contributed by atoms with Crippen LogP contribution in [0.15, 0.2) is 47.5 Å². The summed E-state index contributed by atoms with van der Waals surface area (Å²) in [4.78, 5) is 30.3. The number of primary amides is 1. The normalized spacial score (nSPS) is 18.7. The van der Waals surface area contributed by atoms with E-state index in [1.54, 1.807) is 25.1 Å². The number of benzene rings is 1. The molecule has 6 rings (SSSR count). The molecule has 1 saturated heterocycles. The van der Waals surface area contributed by atoms with Gasteiger partial charge in [0, 0.05) is 37.8 Å². The molecule has 4 aromatic rings. The maximum absolute atomic E-state index is 14.2. The number of hydrogen-bond donors (Lipinski definition) is 2. The summed E-state index contributed by atoms with van der Waals surface area (Å²) in [5.41, 5.74) is 8.15. The van der Waals surface area contributed by atoms with Crippen LogP contribution in [-0.4, -0.2) is 68.4 Å². The Balaban J connectivity index is 1.41. The molecular formula is C31H32F3N7O5S. The van der Waals surface area contributed by atoms with Crippen molar-refractivity contribution in [2.45, 2.75) is 69.1 Å². The van der Waals surface area contributed by atoms with Crippen LogP contribution in [0.25, 0.3) is 5.65 Å². The number of fused-ring (bicyclic) bond motifs is 4. The Hall–Kier alpha value is -4.57. The zero-order valence-electron chi connectivity index (χ0n) is 25.5. The Kier molecular flexibility index (Phi) is 8.20. The number of aryl methyl sites for hydroxylation is 2. The molecular weight excluding hydrogens is 639 g/mol. The SMILES string of the molecule is Cc1ccc([C@H](CC(=O)O)c2ccn3c(C(F)(F)F)nnc3c2C)cc1CN1C[C@@H]2CCCCN2c2nc(C(N)=O)ccc2S1(=O)=O. The Morgan fingerprint density at radius 3 is 2.57 bits per heavy atom. The first-order valence-corrected chi connectivity index (χ1v) is 16.4. The lowest BCUT2D eigenvalue weighted by Crippen LogP contribution is -2.45. The summed E-state index contributed by atoms with van der Waals surface area (Å²) in [6.07, 6.45) is -1.48. The Morgan fingerprint density at radius 1 is 1.11 bits per heavy atom. The van der Waals surface area contributed by atoms with Crippen LogP contribution in [0.1, 0.15) is 75.7 Å². The number of aromatic nitrogens is 4. The molecule has 1 fully saturated rings. The first-order valence-electron chi connectivity index (χ1n) is 15.0. The second-order valence-electron chi connectivity index (χ2n) is 12.0. The number of piperidine rings is 1. The topological polar surface area (TPSA) is 164 Å². The van der Waals surface area contributed by atoms with Gasteiger partial charge in [-0.15, -0.1) is 10.2 Å². The molecule has 0 aliphatic carbocycles. The summed E-state index contributed by atoms with van der Waals surface area (Å²) >= 11 is 0. The van der Waals surface area contributed by atoms with Crippen LogP contribution < -0.4 is 10.6 Å².